The van der Waals surface area contributed by atoms with Crippen LogP contribution in [-0.4, -0.2) is 19.9 Å². The lowest BCUT2D eigenvalue weighted by atomic mass is 9.91. The average Bonchev–Trinajstić information content (AvgIpc) is 2.67. The summed E-state index contributed by atoms with van der Waals surface area (Å²) in [5, 5.41) is 5.92. The molecule has 0 fully saturated rings. The minimum Gasteiger partial charge on any atom is -0.358 e. The first-order chi connectivity index (χ1) is 12.3. The van der Waals surface area contributed by atoms with E-state index in [1.807, 2.05) is 12.3 Å². The van der Waals surface area contributed by atoms with Crippen LogP contribution in [0.25, 0.3) is 54.4 Å². The fraction of sp³-hybridized carbons (Fsp3) is 0. The van der Waals surface area contributed by atoms with E-state index in [2.05, 4.69) is 32.1 Å². The second kappa shape index (κ2) is 4.27. The van der Waals surface area contributed by atoms with Crippen LogP contribution >= 0.6 is 0 Å². The van der Waals surface area contributed by atoms with Crippen molar-refractivity contribution < 1.29 is 0 Å². The summed E-state index contributed by atoms with van der Waals surface area (Å²) in [6, 6.07) is 9.49. The van der Waals surface area contributed by atoms with Crippen molar-refractivity contribution in [1.82, 2.24) is 19.9 Å². The van der Waals surface area contributed by atoms with E-state index in [0.29, 0.717) is 0 Å². The number of rotatable bonds is 0. The van der Waals surface area contributed by atoms with Gasteiger partial charge in [0, 0.05) is 57.1 Å². The van der Waals surface area contributed by atoms with Crippen LogP contribution in [0.15, 0.2) is 59.9 Å². The van der Waals surface area contributed by atoms with Gasteiger partial charge in [-0.15, -0.1) is 0 Å². The zero-order valence-electron chi connectivity index (χ0n) is 12.9. The molecule has 0 saturated carbocycles. The van der Waals surface area contributed by atoms with Gasteiger partial charge in [-0.3, -0.25) is 19.7 Å². The first kappa shape index (κ1) is 12.8. The standard InChI is InChI=1S/C20H10N4O/c25-10-8-13-16-14(9-10)20-18(22-5-7-24-20)12-3-1-2-11(15(12)16)17-19(13)23-6-4-21-17/h1-9,21H. The second-order valence-corrected chi connectivity index (χ2v) is 6.19. The molecule has 6 aromatic rings. The Morgan fingerprint density at radius 2 is 1.36 bits per heavy atom. The molecule has 0 saturated heterocycles. The number of aromatic nitrogens is 4. The van der Waals surface area contributed by atoms with Gasteiger partial charge in [0.05, 0.1) is 22.1 Å². The predicted molar refractivity (Wildman–Crippen MR) is 99.2 cm³/mol. The molecule has 116 valence electrons. The molecule has 25 heavy (non-hydrogen) atoms. The average molecular weight is 322 g/mol. The van der Waals surface area contributed by atoms with Crippen molar-refractivity contribution in [3.8, 4) is 0 Å². The smallest absolute Gasteiger partial charge is 0.180 e. The molecule has 2 aromatic heterocycles. The van der Waals surface area contributed by atoms with Crippen LogP contribution in [0.5, 0.6) is 0 Å². The molecule has 6 rings (SSSR count). The van der Waals surface area contributed by atoms with Gasteiger partial charge in [-0.05, 0) is 12.1 Å². The number of fused-ring (bicyclic) bond motifs is 6. The van der Waals surface area contributed by atoms with E-state index < -0.39 is 0 Å². The summed E-state index contributed by atoms with van der Waals surface area (Å²) in [4.78, 5) is 29.3. The Labute approximate surface area is 140 Å². The Balaban J connectivity index is 2.18. The third kappa shape index (κ3) is 1.48. The predicted octanol–water partition coefficient (Wildman–Crippen LogP) is 3.76. The minimum absolute atomic E-state index is 0.0511. The van der Waals surface area contributed by atoms with Gasteiger partial charge in [-0.25, -0.2) is 0 Å². The number of hydrogen-bond donors (Lipinski definition) is 1. The number of benzene rings is 4. The largest absolute Gasteiger partial charge is 0.358 e. The van der Waals surface area contributed by atoms with Gasteiger partial charge in [0.1, 0.15) is 0 Å². The summed E-state index contributed by atoms with van der Waals surface area (Å²) < 4.78 is 0. The van der Waals surface area contributed by atoms with Crippen LogP contribution in [0.2, 0.25) is 0 Å². The van der Waals surface area contributed by atoms with Crippen molar-refractivity contribution in [1.29, 1.82) is 0 Å². The van der Waals surface area contributed by atoms with E-state index in [1.54, 1.807) is 30.7 Å². The molecule has 0 aliphatic heterocycles. The number of nitrogens with one attached hydrogen (secondary N) is 1. The molecule has 1 N–H and O–H groups in total. The molecular formula is C20H10N4O. The SMILES string of the molecule is O=c1cc2c3nccnc3c3cccc4c5[nH]ccnc5c(c1)c2c34. The summed E-state index contributed by atoms with van der Waals surface area (Å²) >= 11 is 0. The maximum Gasteiger partial charge on any atom is 0.180 e. The fourth-order valence-electron chi connectivity index (χ4n) is 3.99. The molecule has 0 bridgehead atoms. The highest BCUT2D eigenvalue weighted by Gasteiger charge is 2.18. The first-order valence-corrected chi connectivity index (χ1v) is 8.00. The van der Waals surface area contributed by atoms with Gasteiger partial charge in [-0.1, -0.05) is 18.2 Å². The lowest BCUT2D eigenvalue weighted by Gasteiger charge is -2.15. The van der Waals surface area contributed by atoms with Crippen molar-refractivity contribution in [2.24, 2.45) is 0 Å². The van der Waals surface area contributed by atoms with Crippen molar-refractivity contribution in [2.75, 3.05) is 0 Å². The van der Waals surface area contributed by atoms with Gasteiger partial charge < -0.3 is 4.98 Å². The monoisotopic (exact) mass is 322 g/mol. The van der Waals surface area contributed by atoms with Crippen LogP contribution in [-0.2, 0) is 0 Å². The maximum absolute atomic E-state index is 12.4. The van der Waals surface area contributed by atoms with E-state index >= 15 is 0 Å². The third-order valence-corrected chi connectivity index (χ3v) is 4.90. The summed E-state index contributed by atoms with van der Waals surface area (Å²) in [6.45, 7) is 0. The Hall–Kier alpha value is -3.60. The van der Waals surface area contributed by atoms with Crippen molar-refractivity contribution in [3.63, 3.8) is 0 Å². The van der Waals surface area contributed by atoms with Crippen LogP contribution in [0.1, 0.15) is 0 Å². The van der Waals surface area contributed by atoms with Crippen LogP contribution in [0, 0.1) is 0 Å². The number of nitrogens with zero attached hydrogens (tertiary/aromatic N) is 3. The van der Waals surface area contributed by atoms with Crippen LogP contribution in [0.3, 0.4) is 0 Å². The Morgan fingerprint density at radius 1 is 0.720 bits per heavy atom. The molecule has 0 aliphatic rings. The van der Waals surface area contributed by atoms with Crippen molar-refractivity contribution >= 4 is 54.4 Å². The quantitative estimate of drug-likeness (QED) is 0.341. The van der Waals surface area contributed by atoms with Crippen molar-refractivity contribution in [3.05, 3.63) is 65.3 Å². The molecular weight excluding hydrogens is 312 g/mol. The molecule has 5 nitrogen and oxygen atoms in total. The molecule has 0 amide bonds. The van der Waals surface area contributed by atoms with E-state index in [9.17, 15) is 4.79 Å². The van der Waals surface area contributed by atoms with E-state index in [-0.39, 0.29) is 5.43 Å². The molecule has 5 heteroatoms. The van der Waals surface area contributed by atoms with Crippen molar-refractivity contribution in [2.45, 2.75) is 0 Å². The lowest BCUT2D eigenvalue weighted by Crippen LogP contribution is -2.01. The molecule has 0 spiro atoms. The van der Waals surface area contributed by atoms with Gasteiger partial charge in [-0.2, -0.15) is 0 Å². The molecule has 0 unspecified atom stereocenters. The zero-order chi connectivity index (χ0) is 16.5. The molecule has 0 aliphatic carbocycles. The molecule has 2 heterocycles. The maximum atomic E-state index is 12.4. The Bertz CT molecular complexity index is 1410. The zero-order valence-corrected chi connectivity index (χ0v) is 12.9. The Morgan fingerprint density at radius 3 is 2.20 bits per heavy atom. The van der Waals surface area contributed by atoms with E-state index in [4.69, 9.17) is 0 Å². The second-order valence-electron chi connectivity index (χ2n) is 6.19. The van der Waals surface area contributed by atoms with Gasteiger partial charge in [0.25, 0.3) is 0 Å². The highest BCUT2D eigenvalue weighted by Crippen LogP contribution is 2.41. The summed E-state index contributed by atoms with van der Waals surface area (Å²) in [7, 11) is 0. The number of aromatic amines is 1. The molecule has 0 atom stereocenters. The lowest BCUT2D eigenvalue weighted by molar-refractivity contribution is 1.31. The highest BCUT2D eigenvalue weighted by atomic mass is 16.1. The van der Waals surface area contributed by atoms with Gasteiger partial charge >= 0.3 is 0 Å². The van der Waals surface area contributed by atoms with E-state index in [0.717, 1.165) is 54.4 Å². The summed E-state index contributed by atoms with van der Waals surface area (Å²) in [5.41, 5.74) is 3.24. The highest BCUT2D eigenvalue weighted by molar-refractivity contribution is 6.37. The summed E-state index contributed by atoms with van der Waals surface area (Å²) in [6.07, 6.45) is 6.88. The van der Waals surface area contributed by atoms with Crippen LogP contribution in [0.4, 0.5) is 0 Å². The molecule has 0 radical (unpaired) electrons. The van der Waals surface area contributed by atoms with E-state index in [1.165, 1.54) is 0 Å². The third-order valence-electron chi connectivity index (χ3n) is 4.90. The number of hydrogen-bond acceptors (Lipinski definition) is 4. The topological polar surface area (TPSA) is 71.5 Å². The first-order valence-electron chi connectivity index (χ1n) is 8.00. The van der Waals surface area contributed by atoms with Gasteiger partial charge in [0.2, 0.25) is 0 Å². The molecule has 4 aromatic carbocycles. The normalized spacial score (nSPS) is 12.2. The fourth-order valence-corrected chi connectivity index (χ4v) is 3.99. The van der Waals surface area contributed by atoms with Crippen LogP contribution < -0.4 is 5.43 Å². The number of H-pyrrole nitrogens is 1. The minimum atomic E-state index is -0.0511. The summed E-state index contributed by atoms with van der Waals surface area (Å²) in [5.74, 6) is 0. The Kier molecular flexibility index (Phi) is 2.18. The van der Waals surface area contributed by atoms with Gasteiger partial charge in [0.15, 0.2) is 5.43 Å².